The molecule has 2 aromatic carbocycles. The summed E-state index contributed by atoms with van der Waals surface area (Å²) in [6, 6.07) is 8.60. The first-order valence-corrected chi connectivity index (χ1v) is 6.76. The maximum absolute atomic E-state index is 12.0. The van der Waals surface area contributed by atoms with Crippen LogP contribution in [0, 0.1) is 10.1 Å². The minimum Gasteiger partial charge on any atom is -0.403 e. The molecule has 0 fully saturated rings. The normalized spacial score (nSPS) is 10.8. The first kappa shape index (κ1) is 14.5. The average molecular weight is 337 g/mol. The van der Waals surface area contributed by atoms with Crippen molar-refractivity contribution in [2.24, 2.45) is 0 Å². The van der Waals surface area contributed by atoms with Crippen LogP contribution in [0.3, 0.4) is 0 Å². The number of hydrogen-bond acceptors (Lipinski definition) is 5. The first-order valence-electron chi connectivity index (χ1n) is 6.00. The lowest BCUT2D eigenvalue weighted by Crippen LogP contribution is -2.03. The minimum atomic E-state index is -0.623. The van der Waals surface area contributed by atoms with Crippen LogP contribution in [0.5, 0.6) is 0 Å². The van der Waals surface area contributed by atoms with E-state index in [2.05, 4.69) is 4.98 Å². The van der Waals surface area contributed by atoms with Gasteiger partial charge in [-0.05, 0) is 30.3 Å². The van der Waals surface area contributed by atoms with E-state index in [0.29, 0.717) is 10.5 Å². The molecule has 0 bridgehead atoms. The second-order valence-corrected chi connectivity index (χ2v) is 5.23. The fraction of sp³-hybridized carbons (Fsp3) is 0. The highest BCUT2D eigenvalue weighted by molar-refractivity contribution is 6.32. The second-order valence-electron chi connectivity index (χ2n) is 4.39. The number of aromatic nitrogens is 1. The van der Waals surface area contributed by atoms with Gasteiger partial charge in [0.15, 0.2) is 0 Å². The maximum atomic E-state index is 12.0. The molecule has 6 nitrogen and oxygen atoms in total. The Labute approximate surface area is 133 Å². The van der Waals surface area contributed by atoms with Crippen LogP contribution in [0.4, 0.5) is 5.69 Å². The van der Waals surface area contributed by atoms with Crippen molar-refractivity contribution in [3.8, 4) is 11.5 Å². The molecule has 0 spiro atoms. The molecule has 1 aromatic heterocycles. The number of hydrogen-bond donors (Lipinski definition) is 0. The molecular weight excluding hydrogens is 331 g/mol. The van der Waals surface area contributed by atoms with E-state index in [0.717, 1.165) is 0 Å². The van der Waals surface area contributed by atoms with Gasteiger partial charge >= 0.3 is 5.63 Å². The van der Waals surface area contributed by atoms with Crippen LogP contribution in [0.2, 0.25) is 10.0 Å². The van der Waals surface area contributed by atoms with E-state index in [1.54, 1.807) is 6.07 Å². The summed E-state index contributed by atoms with van der Waals surface area (Å²) >= 11 is 11.6. The van der Waals surface area contributed by atoms with Crippen LogP contribution < -0.4 is 5.63 Å². The van der Waals surface area contributed by atoms with E-state index in [9.17, 15) is 14.9 Å². The first-order chi connectivity index (χ1) is 10.5. The number of benzene rings is 2. The van der Waals surface area contributed by atoms with Crippen LogP contribution in [-0.2, 0) is 0 Å². The molecule has 0 amide bonds. The molecule has 0 N–H and O–H groups in total. The number of rotatable bonds is 2. The summed E-state index contributed by atoms with van der Waals surface area (Å²) in [7, 11) is 0. The van der Waals surface area contributed by atoms with Gasteiger partial charge in [-0.2, -0.15) is 0 Å². The highest BCUT2D eigenvalue weighted by Crippen LogP contribution is 2.29. The van der Waals surface area contributed by atoms with E-state index in [1.165, 1.54) is 30.3 Å². The zero-order valence-electron chi connectivity index (χ0n) is 10.7. The van der Waals surface area contributed by atoms with Crippen molar-refractivity contribution in [3.05, 3.63) is 67.0 Å². The molecule has 0 radical (unpaired) electrons. The summed E-state index contributed by atoms with van der Waals surface area (Å²) < 4.78 is 5.12. The van der Waals surface area contributed by atoms with Gasteiger partial charge in [0, 0.05) is 16.7 Å². The fourth-order valence-electron chi connectivity index (χ4n) is 1.95. The number of nitro groups is 1. The van der Waals surface area contributed by atoms with Gasteiger partial charge in [0.2, 0.25) is 5.89 Å². The summed E-state index contributed by atoms with van der Waals surface area (Å²) in [5.41, 5.74) is -0.282. The van der Waals surface area contributed by atoms with Gasteiger partial charge < -0.3 is 4.42 Å². The monoisotopic (exact) mass is 336 g/mol. The van der Waals surface area contributed by atoms with Crippen LogP contribution in [0.15, 0.2) is 45.6 Å². The zero-order chi connectivity index (χ0) is 15.9. The van der Waals surface area contributed by atoms with Crippen molar-refractivity contribution in [1.29, 1.82) is 0 Å². The van der Waals surface area contributed by atoms with E-state index in [-0.39, 0.29) is 27.6 Å². The van der Waals surface area contributed by atoms with Crippen LogP contribution in [0.1, 0.15) is 0 Å². The molecule has 22 heavy (non-hydrogen) atoms. The quantitative estimate of drug-likeness (QED) is 0.520. The Balaban J connectivity index is 2.24. The van der Waals surface area contributed by atoms with Crippen LogP contribution >= 0.6 is 23.2 Å². The molecule has 1 heterocycles. The Morgan fingerprint density at radius 3 is 2.64 bits per heavy atom. The molecule has 0 aliphatic rings. The van der Waals surface area contributed by atoms with Gasteiger partial charge in [-0.15, -0.1) is 0 Å². The summed E-state index contributed by atoms with van der Waals surface area (Å²) in [6.07, 6.45) is 0. The van der Waals surface area contributed by atoms with E-state index in [1.807, 2.05) is 0 Å². The van der Waals surface area contributed by atoms with E-state index < -0.39 is 10.5 Å². The number of nitrogens with zero attached hydrogens (tertiary/aromatic N) is 2. The second kappa shape index (κ2) is 5.40. The smallest absolute Gasteiger partial charge is 0.347 e. The predicted molar refractivity (Wildman–Crippen MR) is 82.4 cm³/mol. The molecule has 0 saturated carbocycles. The van der Waals surface area contributed by atoms with Crippen molar-refractivity contribution in [2.75, 3.05) is 0 Å². The standard InChI is InChI=1S/C14H6Cl2N2O4/c15-8-2-3-9-11(6-8)17-13(22-14(9)19)7-1-4-10(16)12(5-7)18(20)21/h1-6H. The molecule has 110 valence electrons. The molecule has 3 aromatic rings. The van der Waals surface area contributed by atoms with Crippen molar-refractivity contribution >= 4 is 39.8 Å². The Morgan fingerprint density at radius 1 is 1.14 bits per heavy atom. The lowest BCUT2D eigenvalue weighted by Gasteiger charge is -2.03. The van der Waals surface area contributed by atoms with Crippen LogP contribution in [-0.4, -0.2) is 9.91 Å². The van der Waals surface area contributed by atoms with Crippen molar-refractivity contribution in [1.82, 2.24) is 4.98 Å². The largest absolute Gasteiger partial charge is 0.403 e. The third-order valence-corrected chi connectivity index (χ3v) is 3.54. The van der Waals surface area contributed by atoms with Gasteiger partial charge in [0.05, 0.1) is 15.8 Å². The predicted octanol–water partition coefficient (Wildman–Crippen LogP) is 4.07. The van der Waals surface area contributed by atoms with Gasteiger partial charge in [-0.25, -0.2) is 9.78 Å². The molecule has 0 unspecified atom stereocenters. The molecule has 8 heteroatoms. The topological polar surface area (TPSA) is 86.2 Å². The molecule has 0 saturated heterocycles. The number of fused-ring (bicyclic) bond motifs is 1. The SMILES string of the molecule is O=c1oc(-c2ccc(Cl)c([N+](=O)[O-])c2)nc2cc(Cl)ccc12. The van der Waals surface area contributed by atoms with Gasteiger partial charge in [-0.1, -0.05) is 23.2 Å². The Hall–Kier alpha value is -2.44. The maximum Gasteiger partial charge on any atom is 0.347 e. The average Bonchev–Trinajstić information content (AvgIpc) is 2.46. The summed E-state index contributed by atoms with van der Waals surface area (Å²) in [5.74, 6) is -0.0421. The fourth-order valence-corrected chi connectivity index (χ4v) is 2.31. The number of halogens is 2. The third kappa shape index (κ3) is 2.54. The summed E-state index contributed by atoms with van der Waals surface area (Å²) in [5, 5.41) is 11.6. The van der Waals surface area contributed by atoms with Gasteiger partial charge in [0.25, 0.3) is 5.69 Å². The lowest BCUT2D eigenvalue weighted by molar-refractivity contribution is -0.384. The van der Waals surface area contributed by atoms with Crippen LogP contribution in [0.25, 0.3) is 22.4 Å². The summed E-state index contributed by atoms with van der Waals surface area (Å²) in [6.45, 7) is 0. The molecule has 0 aliphatic carbocycles. The molecule has 0 atom stereocenters. The summed E-state index contributed by atoms with van der Waals surface area (Å²) in [4.78, 5) is 26.4. The molecular formula is C14H6Cl2N2O4. The van der Waals surface area contributed by atoms with Crippen molar-refractivity contribution in [2.45, 2.75) is 0 Å². The molecule has 3 rings (SSSR count). The Kier molecular flexibility index (Phi) is 3.56. The Morgan fingerprint density at radius 2 is 1.91 bits per heavy atom. The van der Waals surface area contributed by atoms with E-state index in [4.69, 9.17) is 27.6 Å². The van der Waals surface area contributed by atoms with Gasteiger partial charge in [0.1, 0.15) is 5.02 Å². The minimum absolute atomic E-state index is 0.0140. The third-order valence-electron chi connectivity index (χ3n) is 2.98. The lowest BCUT2D eigenvalue weighted by atomic mass is 10.2. The Bertz CT molecular complexity index is 969. The van der Waals surface area contributed by atoms with E-state index >= 15 is 0 Å². The highest BCUT2D eigenvalue weighted by atomic mass is 35.5. The number of nitro benzene ring substituents is 1. The highest BCUT2D eigenvalue weighted by Gasteiger charge is 2.16. The zero-order valence-corrected chi connectivity index (χ0v) is 12.3. The van der Waals surface area contributed by atoms with Crippen molar-refractivity contribution in [3.63, 3.8) is 0 Å². The van der Waals surface area contributed by atoms with Gasteiger partial charge in [-0.3, -0.25) is 10.1 Å². The van der Waals surface area contributed by atoms with Crippen molar-refractivity contribution < 1.29 is 9.34 Å². The molecule has 0 aliphatic heterocycles.